The van der Waals surface area contributed by atoms with E-state index in [1.165, 1.54) is 6.26 Å². The van der Waals surface area contributed by atoms with Crippen molar-refractivity contribution in [2.75, 3.05) is 0 Å². The summed E-state index contributed by atoms with van der Waals surface area (Å²) >= 11 is 1.15. The summed E-state index contributed by atoms with van der Waals surface area (Å²) in [4.78, 5) is 11.6. The van der Waals surface area contributed by atoms with Crippen LogP contribution in [0.5, 0.6) is 0 Å². The van der Waals surface area contributed by atoms with Gasteiger partial charge in [-0.15, -0.1) is 0 Å². The first-order valence-electron chi connectivity index (χ1n) is 3.81. The van der Waals surface area contributed by atoms with E-state index < -0.39 is 5.82 Å². The number of rotatable bonds is 2. The third-order valence-electron chi connectivity index (χ3n) is 1.37. The fourth-order valence-corrected chi connectivity index (χ4v) is 1.46. The molecule has 0 aliphatic rings. The molecule has 0 N–H and O–H groups in total. The Kier molecular flexibility index (Phi) is 2.45. The Hall–Kier alpha value is -1.43. The van der Waals surface area contributed by atoms with Crippen LogP contribution in [0.3, 0.4) is 0 Å². The Morgan fingerprint density at radius 1 is 1.36 bits per heavy atom. The summed E-state index contributed by atoms with van der Waals surface area (Å²) in [5.74, 6) is -0.460. The van der Waals surface area contributed by atoms with Crippen molar-refractivity contribution in [3.8, 4) is 0 Å². The van der Waals surface area contributed by atoms with Crippen molar-refractivity contribution in [1.82, 2.24) is 15.0 Å². The van der Waals surface area contributed by atoms with Gasteiger partial charge in [0.05, 0.1) is 18.1 Å². The van der Waals surface area contributed by atoms with Gasteiger partial charge in [0, 0.05) is 11.8 Å². The van der Waals surface area contributed by atoms with Crippen LogP contribution in [-0.2, 0) is 0 Å². The Morgan fingerprint density at radius 3 is 2.64 bits per heavy atom. The standard InChI is InChI=1S/C8H6FN3OS/c1-5-4-13-8(12-5)14-7-10-2-6(9)3-11-7/h2-4H,1H3. The number of hydrogen-bond acceptors (Lipinski definition) is 5. The Labute approximate surface area is 83.6 Å². The van der Waals surface area contributed by atoms with E-state index in [0.717, 1.165) is 29.8 Å². The van der Waals surface area contributed by atoms with Gasteiger partial charge < -0.3 is 4.42 Å². The predicted octanol–water partition coefficient (Wildman–Crippen LogP) is 2.06. The summed E-state index contributed by atoms with van der Waals surface area (Å²) in [5.41, 5.74) is 0.787. The zero-order valence-corrected chi connectivity index (χ0v) is 8.08. The SMILES string of the molecule is Cc1coc(Sc2ncc(F)cn2)n1. The maximum atomic E-state index is 12.5. The lowest BCUT2D eigenvalue weighted by Gasteiger charge is -1.93. The molecule has 0 atom stereocenters. The summed E-state index contributed by atoms with van der Waals surface area (Å²) in [7, 11) is 0. The minimum atomic E-state index is -0.460. The summed E-state index contributed by atoms with van der Waals surface area (Å²) in [5, 5.41) is 0.863. The molecule has 4 nitrogen and oxygen atoms in total. The monoisotopic (exact) mass is 211 g/mol. The summed E-state index contributed by atoms with van der Waals surface area (Å²) in [6.45, 7) is 1.82. The average molecular weight is 211 g/mol. The fraction of sp³-hybridized carbons (Fsp3) is 0.125. The van der Waals surface area contributed by atoms with E-state index in [9.17, 15) is 4.39 Å². The molecule has 0 saturated heterocycles. The highest BCUT2D eigenvalue weighted by Gasteiger charge is 2.05. The highest BCUT2D eigenvalue weighted by atomic mass is 32.2. The highest BCUT2D eigenvalue weighted by Crippen LogP contribution is 2.22. The van der Waals surface area contributed by atoms with Gasteiger partial charge in [-0.25, -0.2) is 19.3 Å². The third-order valence-corrected chi connectivity index (χ3v) is 2.13. The number of aryl methyl sites for hydroxylation is 1. The average Bonchev–Trinajstić information content (AvgIpc) is 2.56. The second kappa shape index (κ2) is 3.75. The smallest absolute Gasteiger partial charge is 0.263 e. The van der Waals surface area contributed by atoms with E-state index in [2.05, 4.69) is 15.0 Å². The fourth-order valence-electron chi connectivity index (χ4n) is 0.810. The normalized spacial score (nSPS) is 10.4. The van der Waals surface area contributed by atoms with E-state index in [4.69, 9.17) is 4.42 Å². The number of oxazole rings is 1. The second-order valence-electron chi connectivity index (χ2n) is 2.54. The van der Waals surface area contributed by atoms with Gasteiger partial charge in [-0.1, -0.05) is 0 Å². The lowest BCUT2D eigenvalue weighted by atomic mass is 10.6. The molecule has 0 amide bonds. The minimum Gasteiger partial charge on any atom is -0.439 e. The van der Waals surface area contributed by atoms with Crippen molar-refractivity contribution in [2.24, 2.45) is 0 Å². The molecule has 0 aromatic carbocycles. The number of halogens is 1. The van der Waals surface area contributed by atoms with Crippen molar-refractivity contribution in [1.29, 1.82) is 0 Å². The Balaban J connectivity index is 2.15. The zero-order valence-electron chi connectivity index (χ0n) is 7.27. The van der Waals surface area contributed by atoms with Crippen LogP contribution >= 0.6 is 11.8 Å². The minimum absolute atomic E-state index is 0.410. The quantitative estimate of drug-likeness (QED) is 0.711. The third kappa shape index (κ3) is 2.08. The van der Waals surface area contributed by atoms with Crippen LogP contribution < -0.4 is 0 Å². The summed E-state index contributed by atoms with van der Waals surface area (Å²) in [6.07, 6.45) is 3.74. The lowest BCUT2D eigenvalue weighted by Crippen LogP contribution is -1.86. The molecular weight excluding hydrogens is 205 g/mol. The first kappa shape index (κ1) is 9.14. The first-order chi connectivity index (χ1) is 6.74. The van der Waals surface area contributed by atoms with E-state index in [1.807, 2.05) is 6.92 Å². The molecular formula is C8H6FN3OS. The van der Waals surface area contributed by atoms with Crippen molar-refractivity contribution in [2.45, 2.75) is 17.3 Å². The molecule has 0 aliphatic carbocycles. The summed E-state index contributed by atoms with van der Waals surface area (Å²) in [6, 6.07) is 0. The molecule has 6 heteroatoms. The van der Waals surface area contributed by atoms with E-state index in [1.54, 1.807) is 0 Å². The van der Waals surface area contributed by atoms with Gasteiger partial charge in [0.2, 0.25) is 0 Å². The molecule has 14 heavy (non-hydrogen) atoms. The number of hydrogen-bond donors (Lipinski definition) is 0. The molecule has 2 aromatic heterocycles. The molecule has 2 heterocycles. The maximum Gasteiger partial charge on any atom is 0.263 e. The van der Waals surface area contributed by atoms with Gasteiger partial charge >= 0.3 is 0 Å². The van der Waals surface area contributed by atoms with Crippen LogP contribution in [0.2, 0.25) is 0 Å². The van der Waals surface area contributed by atoms with Crippen molar-refractivity contribution < 1.29 is 8.81 Å². The molecule has 0 fully saturated rings. The molecule has 72 valence electrons. The Morgan fingerprint density at radius 2 is 2.07 bits per heavy atom. The molecule has 2 aromatic rings. The second-order valence-corrected chi connectivity index (χ2v) is 3.46. The van der Waals surface area contributed by atoms with Crippen LogP contribution in [0.4, 0.5) is 4.39 Å². The number of nitrogens with zero attached hydrogens (tertiary/aromatic N) is 3. The van der Waals surface area contributed by atoms with E-state index in [0.29, 0.717) is 10.4 Å². The zero-order chi connectivity index (χ0) is 9.97. The van der Waals surface area contributed by atoms with Crippen molar-refractivity contribution in [3.05, 3.63) is 30.2 Å². The van der Waals surface area contributed by atoms with Crippen LogP contribution in [0.25, 0.3) is 0 Å². The molecule has 0 spiro atoms. The molecule has 0 unspecified atom stereocenters. The van der Waals surface area contributed by atoms with Gasteiger partial charge in [0.1, 0.15) is 6.26 Å². The molecule has 0 saturated carbocycles. The molecule has 0 radical (unpaired) electrons. The van der Waals surface area contributed by atoms with Gasteiger partial charge in [0.25, 0.3) is 5.22 Å². The van der Waals surface area contributed by atoms with Crippen LogP contribution in [-0.4, -0.2) is 15.0 Å². The topological polar surface area (TPSA) is 51.8 Å². The predicted molar refractivity (Wildman–Crippen MR) is 47.4 cm³/mol. The highest BCUT2D eigenvalue weighted by molar-refractivity contribution is 7.98. The maximum absolute atomic E-state index is 12.5. The van der Waals surface area contributed by atoms with Crippen LogP contribution in [0, 0.1) is 12.7 Å². The molecule has 2 rings (SSSR count). The number of aromatic nitrogens is 3. The van der Waals surface area contributed by atoms with Crippen LogP contribution in [0.1, 0.15) is 5.69 Å². The first-order valence-corrected chi connectivity index (χ1v) is 4.63. The lowest BCUT2D eigenvalue weighted by molar-refractivity contribution is 0.453. The van der Waals surface area contributed by atoms with Gasteiger partial charge in [0.15, 0.2) is 11.0 Å². The molecule has 0 aliphatic heterocycles. The van der Waals surface area contributed by atoms with E-state index >= 15 is 0 Å². The van der Waals surface area contributed by atoms with Crippen molar-refractivity contribution >= 4 is 11.8 Å². The summed E-state index contributed by atoms with van der Waals surface area (Å²) < 4.78 is 17.5. The largest absolute Gasteiger partial charge is 0.439 e. The molecule has 0 bridgehead atoms. The van der Waals surface area contributed by atoms with Crippen LogP contribution in [0.15, 0.2) is 33.5 Å². The van der Waals surface area contributed by atoms with Gasteiger partial charge in [-0.2, -0.15) is 0 Å². The van der Waals surface area contributed by atoms with Gasteiger partial charge in [-0.05, 0) is 6.92 Å². The van der Waals surface area contributed by atoms with Crippen molar-refractivity contribution in [3.63, 3.8) is 0 Å². The Bertz CT molecular complexity index is 428. The van der Waals surface area contributed by atoms with E-state index in [-0.39, 0.29) is 0 Å². The van der Waals surface area contributed by atoms with Gasteiger partial charge in [-0.3, -0.25) is 0 Å².